The second-order valence-corrected chi connectivity index (χ2v) is 5.57. The fraction of sp³-hybridized carbons (Fsp3) is 0.0667. The number of benzene rings is 1. The quantitative estimate of drug-likeness (QED) is 0.548. The van der Waals surface area contributed by atoms with Crippen molar-refractivity contribution < 1.29 is 83.3 Å². The van der Waals surface area contributed by atoms with Crippen LogP contribution in [0.1, 0.15) is 16.1 Å². The van der Waals surface area contributed by atoms with Gasteiger partial charge in [0, 0.05) is 10.5 Å². The first kappa shape index (κ1) is 21.5. The van der Waals surface area contributed by atoms with Crippen LogP contribution in [0.3, 0.4) is 0 Å². The molecule has 1 aromatic carbocycles. The number of rotatable bonds is 3. The molecule has 6 nitrogen and oxygen atoms in total. The Bertz CT molecular complexity index is 772. The van der Waals surface area contributed by atoms with Gasteiger partial charge in [0.15, 0.2) is 0 Å². The summed E-state index contributed by atoms with van der Waals surface area (Å²) in [6, 6.07) is 9.43. The van der Waals surface area contributed by atoms with Crippen molar-refractivity contribution >= 4 is 29.0 Å². The summed E-state index contributed by atoms with van der Waals surface area (Å²) in [5, 5.41) is 24.1. The second kappa shape index (κ2) is 9.26. The van der Waals surface area contributed by atoms with E-state index in [-0.39, 0.29) is 69.9 Å². The van der Waals surface area contributed by atoms with E-state index >= 15 is 0 Å². The molecule has 2 heterocycles. The van der Waals surface area contributed by atoms with Crippen LogP contribution in [0.25, 0.3) is 17.4 Å². The van der Waals surface area contributed by atoms with E-state index in [0.29, 0.717) is 22.0 Å². The van der Waals surface area contributed by atoms with E-state index in [1.54, 1.807) is 24.3 Å². The van der Waals surface area contributed by atoms with Gasteiger partial charge in [0.2, 0.25) is 0 Å². The molecular formula is C15H9NNa2O5S. The summed E-state index contributed by atoms with van der Waals surface area (Å²) in [4.78, 5) is 22.1. The monoisotopic (exact) mass is 361 g/mol. The van der Waals surface area contributed by atoms with Gasteiger partial charge in [-0.3, -0.25) is 4.79 Å². The summed E-state index contributed by atoms with van der Waals surface area (Å²) in [5.41, 5.74) is 0.778. The van der Waals surface area contributed by atoms with Gasteiger partial charge in [0.25, 0.3) is 5.24 Å². The number of thioether (sulfide) groups is 1. The molecule has 1 aromatic heterocycles. The molecule has 1 atom stereocenters. The standard InChI is InChI=1S/C15H10NO5S.2Na/c17-13-12(22-15(20)16-13)7-10-5-6-11(21-10)8-1-3-9(4-2-8)14(18)19;;/h1-7,13H,(H,16,20)(H,18,19);;/q-1;2*+1/p-1/b12-7-;;. The van der Waals surface area contributed by atoms with Crippen LogP contribution in [0.2, 0.25) is 0 Å². The van der Waals surface area contributed by atoms with Gasteiger partial charge in [-0.2, -0.15) is 0 Å². The van der Waals surface area contributed by atoms with E-state index in [9.17, 15) is 19.8 Å². The van der Waals surface area contributed by atoms with Gasteiger partial charge in [0.1, 0.15) is 11.5 Å². The van der Waals surface area contributed by atoms with Crippen LogP contribution in [0.15, 0.2) is 45.7 Å². The Morgan fingerprint density at radius 2 is 1.83 bits per heavy atom. The summed E-state index contributed by atoms with van der Waals surface area (Å²) in [7, 11) is 0. The largest absolute Gasteiger partial charge is 1.00 e. The number of aromatic carboxylic acids is 1. The zero-order chi connectivity index (χ0) is 15.7. The van der Waals surface area contributed by atoms with Crippen molar-refractivity contribution in [3.63, 3.8) is 0 Å². The van der Waals surface area contributed by atoms with Crippen molar-refractivity contribution in [3.05, 3.63) is 52.6 Å². The maximum Gasteiger partial charge on any atom is 1.00 e. The Hall–Kier alpha value is -0.510. The van der Waals surface area contributed by atoms with E-state index in [1.165, 1.54) is 18.2 Å². The zero-order valence-electron chi connectivity index (χ0n) is 13.1. The first-order chi connectivity index (χ1) is 10.5. The number of amides is 1. The molecule has 1 unspecified atom stereocenters. The molecular weight excluding hydrogens is 352 g/mol. The smallest absolute Gasteiger partial charge is 0.832 e. The fourth-order valence-electron chi connectivity index (χ4n) is 1.97. The van der Waals surface area contributed by atoms with Gasteiger partial charge in [-0.05, 0) is 41.8 Å². The third-order valence-corrected chi connectivity index (χ3v) is 3.91. The van der Waals surface area contributed by atoms with Crippen LogP contribution in [0.5, 0.6) is 0 Å². The van der Waals surface area contributed by atoms with Crippen LogP contribution < -0.4 is 74.6 Å². The van der Waals surface area contributed by atoms with Crippen LogP contribution in [-0.4, -0.2) is 17.4 Å². The summed E-state index contributed by atoms with van der Waals surface area (Å²) < 4.78 is 5.58. The van der Waals surface area contributed by atoms with Gasteiger partial charge >= 0.3 is 59.1 Å². The molecule has 1 aliphatic rings. The number of hydrogen-bond acceptors (Lipinski definition) is 6. The Labute approximate surface area is 186 Å². The van der Waals surface area contributed by atoms with E-state index in [4.69, 9.17) is 4.42 Å². The third kappa shape index (κ3) is 5.00. The van der Waals surface area contributed by atoms with Crippen molar-refractivity contribution in [2.45, 2.75) is 6.23 Å². The van der Waals surface area contributed by atoms with Gasteiger partial charge < -0.3 is 24.7 Å². The minimum Gasteiger partial charge on any atom is -0.832 e. The predicted octanol–water partition coefficient (Wildman–Crippen LogP) is -5.20. The summed E-state index contributed by atoms with van der Waals surface area (Å²) in [6.45, 7) is 0. The Balaban J connectivity index is 0.00000144. The molecule has 1 amide bonds. The number of carboxylic acid groups (broad SMARTS) is 1. The van der Waals surface area contributed by atoms with Crippen LogP contribution in [-0.2, 0) is 0 Å². The first-order valence-electron chi connectivity index (χ1n) is 6.30. The van der Waals surface area contributed by atoms with Crippen molar-refractivity contribution in [3.8, 4) is 11.3 Å². The normalized spacial score (nSPS) is 17.8. The number of nitrogens with one attached hydrogen (secondary N) is 1. The average Bonchev–Trinajstić information content (AvgIpc) is 3.06. The van der Waals surface area contributed by atoms with Crippen molar-refractivity contribution in [2.75, 3.05) is 0 Å². The van der Waals surface area contributed by atoms with E-state index < -0.39 is 12.2 Å². The molecule has 1 aliphatic heterocycles. The molecule has 0 saturated carbocycles. The maximum absolute atomic E-state index is 11.5. The molecule has 24 heavy (non-hydrogen) atoms. The molecule has 9 heteroatoms. The average molecular weight is 361 g/mol. The number of furan rings is 1. The number of carbonyl (C=O) groups is 2. The minimum atomic E-state index is -1.27. The third-order valence-electron chi connectivity index (χ3n) is 3.03. The molecule has 0 radical (unpaired) electrons. The molecule has 0 bridgehead atoms. The van der Waals surface area contributed by atoms with Gasteiger partial charge in [-0.25, -0.2) is 0 Å². The number of hydrogen-bond donors (Lipinski definition) is 1. The van der Waals surface area contributed by atoms with Crippen molar-refractivity contribution in [1.82, 2.24) is 5.32 Å². The summed E-state index contributed by atoms with van der Waals surface area (Å²) in [6.07, 6.45) is 0.243. The Morgan fingerprint density at radius 3 is 2.38 bits per heavy atom. The van der Waals surface area contributed by atoms with Crippen LogP contribution >= 0.6 is 11.8 Å². The molecule has 0 spiro atoms. The van der Waals surface area contributed by atoms with Gasteiger partial charge in [-0.1, -0.05) is 24.3 Å². The second-order valence-electron chi connectivity index (χ2n) is 4.53. The Morgan fingerprint density at radius 1 is 1.17 bits per heavy atom. The molecule has 2 aromatic rings. The fourth-order valence-corrected chi connectivity index (χ4v) is 2.69. The topological polar surface area (TPSA) is 105 Å². The van der Waals surface area contributed by atoms with Crippen molar-refractivity contribution in [2.24, 2.45) is 0 Å². The maximum atomic E-state index is 11.5. The predicted molar refractivity (Wildman–Crippen MR) is 76.4 cm³/mol. The summed E-state index contributed by atoms with van der Waals surface area (Å²) >= 11 is 0.845. The molecule has 112 valence electrons. The van der Waals surface area contributed by atoms with E-state index in [2.05, 4.69) is 5.32 Å². The molecule has 0 aliphatic carbocycles. The molecule has 1 fully saturated rings. The zero-order valence-corrected chi connectivity index (χ0v) is 17.9. The Kier molecular flexibility index (Phi) is 8.31. The molecule has 1 N–H and O–H groups in total. The van der Waals surface area contributed by atoms with Crippen molar-refractivity contribution in [1.29, 1.82) is 0 Å². The molecule has 1 saturated heterocycles. The van der Waals surface area contributed by atoms with E-state index in [1.807, 2.05) is 0 Å². The minimum absolute atomic E-state index is 0. The summed E-state index contributed by atoms with van der Waals surface area (Å²) in [5.74, 6) is -0.270. The van der Waals surface area contributed by atoms with Gasteiger partial charge in [0.05, 0.1) is 5.97 Å². The molecule has 3 rings (SSSR count). The number of carboxylic acids is 1. The van der Waals surface area contributed by atoms with Gasteiger partial charge in [-0.15, -0.1) is 0 Å². The van der Waals surface area contributed by atoms with Crippen LogP contribution in [0, 0.1) is 0 Å². The number of carbonyl (C=O) groups excluding carboxylic acids is 2. The first-order valence-corrected chi connectivity index (χ1v) is 7.12. The SMILES string of the molecule is O=C1NC([O-])/C(=C/c2ccc(-c3ccc(C(=O)[O-])cc3)o2)S1.[Na+].[Na+]. The van der Waals surface area contributed by atoms with Crippen LogP contribution in [0.4, 0.5) is 4.79 Å². The van der Waals surface area contributed by atoms with E-state index in [0.717, 1.165) is 11.8 Å².